The predicted molar refractivity (Wildman–Crippen MR) is 87.4 cm³/mol. The summed E-state index contributed by atoms with van der Waals surface area (Å²) >= 11 is 5.91. The highest BCUT2D eigenvalue weighted by Crippen LogP contribution is 2.15. The lowest BCUT2D eigenvalue weighted by molar-refractivity contribution is 0.243. The van der Waals surface area contributed by atoms with Gasteiger partial charge in [0.2, 0.25) is 0 Å². The van der Waals surface area contributed by atoms with Crippen LogP contribution in [0.3, 0.4) is 0 Å². The van der Waals surface area contributed by atoms with Crippen LogP contribution >= 0.6 is 24.0 Å². The van der Waals surface area contributed by atoms with E-state index in [9.17, 15) is 4.79 Å². The van der Waals surface area contributed by atoms with Gasteiger partial charge < -0.3 is 10.3 Å². The van der Waals surface area contributed by atoms with Crippen molar-refractivity contribution >= 4 is 34.9 Å². The van der Waals surface area contributed by atoms with Crippen molar-refractivity contribution < 1.29 is 0 Å². The molecule has 1 aliphatic rings. The quantitative estimate of drug-likeness (QED) is 0.901. The molecule has 0 spiro atoms. The number of halogens is 2. The van der Waals surface area contributed by atoms with E-state index in [2.05, 4.69) is 27.2 Å². The summed E-state index contributed by atoms with van der Waals surface area (Å²) in [7, 11) is 2.06. The molecule has 2 N–H and O–H groups in total. The maximum Gasteiger partial charge on any atom is 0.258 e. The van der Waals surface area contributed by atoms with Crippen LogP contribution in [0, 0.1) is 0 Å². The van der Waals surface area contributed by atoms with Gasteiger partial charge in [-0.1, -0.05) is 11.6 Å². The second kappa shape index (κ2) is 6.75. The van der Waals surface area contributed by atoms with E-state index >= 15 is 0 Å². The van der Waals surface area contributed by atoms with Crippen molar-refractivity contribution in [3.8, 4) is 0 Å². The normalized spacial score (nSPS) is 18.1. The summed E-state index contributed by atoms with van der Waals surface area (Å²) in [6.45, 7) is 2.68. The van der Waals surface area contributed by atoms with Crippen molar-refractivity contribution in [2.24, 2.45) is 0 Å². The number of likely N-dealkylation sites (N-methyl/N-ethyl adjacent to an activating group) is 1. The maximum absolute atomic E-state index is 12.1. The lowest BCUT2D eigenvalue weighted by Crippen LogP contribution is -2.34. The largest absolute Gasteiger partial charge is 0.315 e. The average molecular weight is 329 g/mol. The molecule has 0 amide bonds. The van der Waals surface area contributed by atoms with Crippen LogP contribution in [0.2, 0.25) is 5.02 Å². The van der Waals surface area contributed by atoms with Gasteiger partial charge >= 0.3 is 0 Å². The molecular weight excluding hydrogens is 311 g/mol. The van der Waals surface area contributed by atoms with Gasteiger partial charge in [-0.25, -0.2) is 4.98 Å². The second-order valence-electron chi connectivity index (χ2n) is 5.24. The Hall–Kier alpha value is -1.14. The van der Waals surface area contributed by atoms with E-state index in [1.165, 1.54) is 0 Å². The number of rotatable bonds is 3. The Morgan fingerprint density at radius 3 is 3.00 bits per heavy atom. The lowest BCUT2D eigenvalue weighted by Gasteiger charge is -2.22. The summed E-state index contributed by atoms with van der Waals surface area (Å²) < 4.78 is 0. The van der Waals surface area contributed by atoms with Crippen LogP contribution in [-0.4, -0.2) is 41.0 Å². The summed E-state index contributed by atoms with van der Waals surface area (Å²) in [5.41, 5.74) is 0.552. The molecule has 1 unspecified atom stereocenters. The number of hydrogen-bond donors (Lipinski definition) is 2. The summed E-state index contributed by atoms with van der Waals surface area (Å²) in [6, 6.07) is 5.69. The van der Waals surface area contributed by atoms with Crippen molar-refractivity contribution in [2.45, 2.75) is 19.0 Å². The number of aromatic nitrogens is 2. The van der Waals surface area contributed by atoms with Gasteiger partial charge in [-0.15, -0.1) is 12.4 Å². The summed E-state index contributed by atoms with van der Waals surface area (Å²) in [5, 5.41) is 4.42. The van der Waals surface area contributed by atoms with E-state index in [-0.39, 0.29) is 18.0 Å². The fourth-order valence-electron chi connectivity index (χ4n) is 2.62. The Labute approximate surface area is 134 Å². The van der Waals surface area contributed by atoms with Crippen LogP contribution in [0.25, 0.3) is 10.9 Å². The Kier molecular flexibility index (Phi) is 5.22. The first kappa shape index (κ1) is 16.2. The zero-order valence-corrected chi connectivity index (χ0v) is 13.3. The van der Waals surface area contributed by atoms with Gasteiger partial charge in [0.25, 0.3) is 5.56 Å². The van der Waals surface area contributed by atoms with Crippen molar-refractivity contribution in [2.75, 3.05) is 20.1 Å². The SMILES string of the molecule is CN(Cc1nc2ccc(Cl)cc2c(=O)[nH]1)C1CCNC1.Cl. The molecule has 2 heterocycles. The first-order valence-electron chi connectivity index (χ1n) is 6.73. The molecule has 3 rings (SSSR count). The number of nitrogens with one attached hydrogen (secondary N) is 2. The minimum atomic E-state index is -0.134. The smallest absolute Gasteiger partial charge is 0.258 e. The highest BCUT2D eigenvalue weighted by molar-refractivity contribution is 6.31. The molecule has 5 nitrogen and oxygen atoms in total. The molecule has 1 saturated heterocycles. The number of nitrogens with zero attached hydrogens (tertiary/aromatic N) is 2. The highest BCUT2D eigenvalue weighted by Gasteiger charge is 2.19. The molecular formula is C14H18Cl2N4O. The zero-order valence-electron chi connectivity index (χ0n) is 11.7. The van der Waals surface area contributed by atoms with Crippen molar-refractivity contribution in [3.05, 3.63) is 39.4 Å². The molecule has 0 aliphatic carbocycles. The molecule has 1 fully saturated rings. The standard InChI is InChI=1S/C14H17ClN4O.ClH/c1-19(10-4-5-16-7-10)8-13-17-12-3-2-9(15)6-11(12)14(20)18-13;/h2-3,6,10,16H,4-5,7-8H2,1H3,(H,17,18,20);1H. The third kappa shape index (κ3) is 3.55. The molecule has 114 valence electrons. The molecule has 0 bridgehead atoms. The van der Waals surface area contributed by atoms with Crippen LogP contribution in [0.5, 0.6) is 0 Å². The molecule has 1 atom stereocenters. The van der Waals surface area contributed by atoms with Crippen LogP contribution in [-0.2, 0) is 6.54 Å². The van der Waals surface area contributed by atoms with E-state index in [1.54, 1.807) is 18.2 Å². The fraction of sp³-hybridized carbons (Fsp3) is 0.429. The maximum atomic E-state index is 12.1. The summed E-state index contributed by atoms with van der Waals surface area (Å²) in [5.74, 6) is 0.694. The monoisotopic (exact) mass is 328 g/mol. The van der Waals surface area contributed by atoms with E-state index < -0.39 is 0 Å². The van der Waals surface area contributed by atoms with Gasteiger partial charge in [0.1, 0.15) is 5.82 Å². The zero-order chi connectivity index (χ0) is 14.1. The molecule has 0 radical (unpaired) electrons. The third-order valence-electron chi connectivity index (χ3n) is 3.77. The molecule has 2 aromatic rings. The number of H-pyrrole nitrogens is 1. The van der Waals surface area contributed by atoms with Gasteiger partial charge in [0.05, 0.1) is 17.4 Å². The molecule has 1 aliphatic heterocycles. The first-order valence-corrected chi connectivity index (χ1v) is 7.11. The third-order valence-corrected chi connectivity index (χ3v) is 4.01. The van der Waals surface area contributed by atoms with Crippen molar-refractivity contribution in [1.82, 2.24) is 20.2 Å². The van der Waals surface area contributed by atoms with E-state index in [4.69, 9.17) is 11.6 Å². The van der Waals surface area contributed by atoms with Crippen molar-refractivity contribution in [1.29, 1.82) is 0 Å². The molecule has 0 saturated carbocycles. The minimum absolute atomic E-state index is 0. The highest BCUT2D eigenvalue weighted by atomic mass is 35.5. The number of fused-ring (bicyclic) bond motifs is 1. The van der Waals surface area contributed by atoms with Gasteiger partial charge in [-0.2, -0.15) is 0 Å². The van der Waals surface area contributed by atoms with Crippen molar-refractivity contribution in [3.63, 3.8) is 0 Å². The van der Waals surface area contributed by atoms with E-state index in [1.807, 2.05) is 0 Å². The van der Waals surface area contributed by atoms with Crippen LogP contribution in [0.4, 0.5) is 0 Å². The molecule has 1 aromatic heterocycles. The second-order valence-corrected chi connectivity index (χ2v) is 5.67. The Balaban J connectivity index is 0.00000161. The summed E-state index contributed by atoms with van der Waals surface area (Å²) in [4.78, 5) is 21.6. The van der Waals surface area contributed by atoms with Gasteiger partial charge in [0, 0.05) is 17.6 Å². The average Bonchev–Trinajstić information content (AvgIpc) is 2.94. The number of hydrogen-bond acceptors (Lipinski definition) is 4. The van der Waals surface area contributed by atoms with Gasteiger partial charge in [0.15, 0.2) is 0 Å². The first-order chi connectivity index (χ1) is 9.63. The minimum Gasteiger partial charge on any atom is -0.315 e. The molecule has 1 aromatic carbocycles. The Morgan fingerprint density at radius 1 is 1.48 bits per heavy atom. The summed E-state index contributed by atoms with van der Waals surface area (Å²) in [6.07, 6.45) is 1.13. The predicted octanol–water partition coefficient (Wildman–Crippen LogP) is 1.79. The van der Waals surface area contributed by atoms with Crippen LogP contribution in [0.1, 0.15) is 12.2 Å². The molecule has 21 heavy (non-hydrogen) atoms. The topological polar surface area (TPSA) is 61.0 Å². The lowest BCUT2D eigenvalue weighted by atomic mass is 10.2. The molecule has 7 heteroatoms. The van der Waals surface area contributed by atoms with E-state index in [0.29, 0.717) is 34.3 Å². The number of benzene rings is 1. The van der Waals surface area contributed by atoms with Crippen LogP contribution in [0.15, 0.2) is 23.0 Å². The van der Waals surface area contributed by atoms with E-state index in [0.717, 1.165) is 19.5 Å². The van der Waals surface area contributed by atoms with Gasteiger partial charge in [-0.05, 0) is 38.2 Å². The number of aromatic amines is 1. The van der Waals surface area contributed by atoms with Gasteiger partial charge in [-0.3, -0.25) is 9.69 Å². The Morgan fingerprint density at radius 2 is 2.29 bits per heavy atom. The Bertz CT molecular complexity index is 682. The van der Waals surface area contributed by atoms with Crippen LogP contribution < -0.4 is 10.9 Å². The fourth-order valence-corrected chi connectivity index (χ4v) is 2.79.